The van der Waals surface area contributed by atoms with Crippen molar-refractivity contribution in [3.63, 3.8) is 0 Å². The van der Waals surface area contributed by atoms with E-state index in [-0.39, 0.29) is 5.78 Å². The lowest BCUT2D eigenvalue weighted by atomic mass is 10.1. The predicted octanol–water partition coefficient (Wildman–Crippen LogP) is 5.35. The van der Waals surface area contributed by atoms with Crippen molar-refractivity contribution in [1.82, 2.24) is 19.9 Å². The summed E-state index contributed by atoms with van der Waals surface area (Å²) in [6.45, 7) is 1.94. The van der Waals surface area contributed by atoms with Crippen LogP contribution in [0.3, 0.4) is 0 Å². The molecule has 31 heavy (non-hydrogen) atoms. The third-order valence-corrected chi connectivity index (χ3v) is 4.91. The highest BCUT2D eigenvalue weighted by molar-refractivity contribution is 6.08. The number of para-hydroxylation sites is 2. The van der Waals surface area contributed by atoms with Crippen LogP contribution in [0, 0.1) is 6.92 Å². The molecule has 0 fully saturated rings. The molecule has 0 amide bonds. The van der Waals surface area contributed by atoms with Gasteiger partial charge in [0, 0.05) is 29.2 Å². The fourth-order valence-corrected chi connectivity index (χ4v) is 3.39. The number of hydrogen-bond donors (Lipinski definition) is 1. The van der Waals surface area contributed by atoms with Crippen LogP contribution in [0.1, 0.15) is 21.9 Å². The number of hydrogen-bond acceptors (Lipinski definition) is 5. The maximum Gasteiger partial charge on any atom is 0.228 e. The van der Waals surface area contributed by atoms with Gasteiger partial charge in [-0.2, -0.15) is 0 Å². The molecule has 150 valence electrons. The number of pyridine rings is 2. The first kappa shape index (κ1) is 18.7. The molecule has 3 aromatic heterocycles. The molecule has 0 aliphatic rings. The molecule has 1 N–H and O–H groups in total. The van der Waals surface area contributed by atoms with Crippen LogP contribution in [-0.4, -0.2) is 25.7 Å². The highest BCUT2D eigenvalue weighted by Gasteiger charge is 2.15. The van der Waals surface area contributed by atoms with E-state index >= 15 is 0 Å². The number of benzene rings is 2. The Bertz CT molecular complexity index is 1360. The van der Waals surface area contributed by atoms with E-state index < -0.39 is 0 Å². The van der Waals surface area contributed by atoms with Crippen LogP contribution >= 0.6 is 0 Å². The van der Waals surface area contributed by atoms with E-state index in [1.807, 2.05) is 55.5 Å². The summed E-state index contributed by atoms with van der Waals surface area (Å²) in [6, 6.07) is 22.3. The average Bonchev–Trinajstić information content (AvgIpc) is 3.24. The van der Waals surface area contributed by atoms with Gasteiger partial charge in [0.05, 0.1) is 11.0 Å². The number of aromatic amines is 1. The first-order chi connectivity index (χ1) is 15.2. The molecule has 0 aliphatic carbocycles. The number of nitrogens with one attached hydrogen (secondary N) is 1. The van der Waals surface area contributed by atoms with Crippen molar-refractivity contribution in [2.45, 2.75) is 6.92 Å². The number of H-pyrrole nitrogens is 1. The summed E-state index contributed by atoms with van der Waals surface area (Å²) in [5.41, 5.74) is 4.89. The second-order valence-corrected chi connectivity index (χ2v) is 7.10. The molecule has 5 aromatic rings. The molecule has 6 nitrogen and oxygen atoms in total. The number of imidazole rings is 1. The lowest BCUT2D eigenvalue weighted by Gasteiger charge is -2.10. The van der Waals surface area contributed by atoms with Crippen LogP contribution in [0.25, 0.3) is 22.2 Å². The van der Waals surface area contributed by atoms with E-state index in [2.05, 4.69) is 19.9 Å². The third-order valence-electron chi connectivity index (χ3n) is 4.91. The van der Waals surface area contributed by atoms with Crippen LogP contribution in [0.4, 0.5) is 0 Å². The zero-order valence-electron chi connectivity index (χ0n) is 16.7. The van der Waals surface area contributed by atoms with Gasteiger partial charge in [0.1, 0.15) is 5.75 Å². The fraction of sp³-hybridized carbons (Fsp3) is 0.0400. The van der Waals surface area contributed by atoms with E-state index in [1.54, 1.807) is 36.7 Å². The lowest BCUT2D eigenvalue weighted by molar-refractivity contribution is 0.103. The summed E-state index contributed by atoms with van der Waals surface area (Å²) >= 11 is 0. The van der Waals surface area contributed by atoms with Gasteiger partial charge in [-0.1, -0.05) is 12.1 Å². The number of fused-ring (bicyclic) bond motifs is 1. The third kappa shape index (κ3) is 3.79. The molecule has 0 atom stereocenters. The SMILES string of the molecule is Cc1cc(-c2cccnc2Oc2ccc(C(=O)c3nc4ccccc4[nH]3)cc2)ccn1. The molecular weight excluding hydrogens is 388 g/mol. The standard InChI is InChI=1S/C25H18N4O2/c1-16-15-18(12-14-26-16)20-5-4-13-27-25(20)31-19-10-8-17(9-11-19)23(30)24-28-21-6-2-3-7-22(21)29-24/h2-15H,1H3,(H,28,29). The number of aromatic nitrogens is 4. The Balaban J connectivity index is 1.39. The predicted molar refractivity (Wildman–Crippen MR) is 118 cm³/mol. The largest absolute Gasteiger partial charge is 0.438 e. The molecule has 0 saturated carbocycles. The zero-order valence-corrected chi connectivity index (χ0v) is 16.7. The van der Waals surface area contributed by atoms with Crippen molar-refractivity contribution < 1.29 is 9.53 Å². The first-order valence-corrected chi connectivity index (χ1v) is 9.83. The highest BCUT2D eigenvalue weighted by atomic mass is 16.5. The summed E-state index contributed by atoms with van der Waals surface area (Å²) in [6.07, 6.45) is 3.45. The number of nitrogens with zero attached hydrogens (tertiary/aromatic N) is 3. The molecule has 2 aromatic carbocycles. The van der Waals surface area contributed by atoms with Crippen molar-refractivity contribution in [3.8, 4) is 22.8 Å². The number of ether oxygens (including phenoxy) is 1. The van der Waals surface area contributed by atoms with Crippen molar-refractivity contribution in [1.29, 1.82) is 0 Å². The maximum absolute atomic E-state index is 12.8. The van der Waals surface area contributed by atoms with E-state index in [1.165, 1.54) is 0 Å². The zero-order chi connectivity index (χ0) is 21.2. The van der Waals surface area contributed by atoms with Gasteiger partial charge in [-0.3, -0.25) is 9.78 Å². The Morgan fingerprint density at radius 3 is 2.55 bits per heavy atom. The van der Waals surface area contributed by atoms with Gasteiger partial charge in [-0.25, -0.2) is 9.97 Å². The molecule has 0 unspecified atom stereocenters. The minimum Gasteiger partial charge on any atom is -0.438 e. The second-order valence-electron chi connectivity index (χ2n) is 7.10. The molecule has 0 radical (unpaired) electrons. The van der Waals surface area contributed by atoms with Crippen LogP contribution in [0.2, 0.25) is 0 Å². The van der Waals surface area contributed by atoms with Crippen molar-refractivity contribution in [3.05, 3.63) is 102 Å². The first-order valence-electron chi connectivity index (χ1n) is 9.83. The fourth-order valence-electron chi connectivity index (χ4n) is 3.39. The Labute approximate surface area is 178 Å². The van der Waals surface area contributed by atoms with E-state index in [0.717, 1.165) is 27.9 Å². The van der Waals surface area contributed by atoms with Gasteiger partial charge in [0.2, 0.25) is 11.7 Å². The minimum atomic E-state index is -0.173. The van der Waals surface area contributed by atoms with Crippen LogP contribution in [0.5, 0.6) is 11.6 Å². The molecule has 6 heteroatoms. The molecule has 0 spiro atoms. The van der Waals surface area contributed by atoms with Crippen LogP contribution in [-0.2, 0) is 0 Å². The second kappa shape index (κ2) is 7.84. The van der Waals surface area contributed by atoms with Crippen LogP contribution < -0.4 is 4.74 Å². The summed E-state index contributed by atoms with van der Waals surface area (Å²) in [7, 11) is 0. The Hall–Kier alpha value is -4.32. The Morgan fingerprint density at radius 2 is 1.74 bits per heavy atom. The summed E-state index contributed by atoms with van der Waals surface area (Å²) in [4.78, 5) is 28.9. The molecule has 5 rings (SSSR count). The lowest BCUT2D eigenvalue weighted by Crippen LogP contribution is -2.03. The number of ketones is 1. The topological polar surface area (TPSA) is 80.8 Å². The van der Waals surface area contributed by atoms with Crippen molar-refractivity contribution in [2.24, 2.45) is 0 Å². The Morgan fingerprint density at radius 1 is 0.903 bits per heavy atom. The summed E-state index contributed by atoms with van der Waals surface area (Å²) in [5.74, 6) is 1.22. The smallest absolute Gasteiger partial charge is 0.228 e. The van der Waals surface area contributed by atoms with E-state index in [0.29, 0.717) is 23.0 Å². The van der Waals surface area contributed by atoms with E-state index in [4.69, 9.17) is 4.74 Å². The van der Waals surface area contributed by atoms with Crippen LogP contribution in [0.15, 0.2) is 85.2 Å². The van der Waals surface area contributed by atoms with Crippen molar-refractivity contribution >= 4 is 16.8 Å². The van der Waals surface area contributed by atoms with Gasteiger partial charge in [-0.05, 0) is 73.2 Å². The normalized spacial score (nSPS) is 10.9. The van der Waals surface area contributed by atoms with Crippen molar-refractivity contribution in [2.75, 3.05) is 0 Å². The van der Waals surface area contributed by atoms with Gasteiger partial charge < -0.3 is 9.72 Å². The Kier molecular flexibility index (Phi) is 4.72. The monoisotopic (exact) mass is 406 g/mol. The number of carbonyl (C=O) groups excluding carboxylic acids is 1. The van der Waals surface area contributed by atoms with Gasteiger partial charge >= 0.3 is 0 Å². The number of rotatable bonds is 5. The van der Waals surface area contributed by atoms with Gasteiger partial charge in [0.25, 0.3) is 0 Å². The maximum atomic E-state index is 12.8. The summed E-state index contributed by atoms with van der Waals surface area (Å²) in [5, 5.41) is 0. The van der Waals surface area contributed by atoms with E-state index in [9.17, 15) is 4.79 Å². The van der Waals surface area contributed by atoms with Gasteiger partial charge in [-0.15, -0.1) is 0 Å². The highest BCUT2D eigenvalue weighted by Crippen LogP contribution is 2.31. The van der Waals surface area contributed by atoms with Gasteiger partial charge in [0.15, 0.2) is 5.82 Å². The molecule has 0 saturated heterocycles. The average molecular weight is 406 g/mol. The quantitative estimate of drug-likeness (QED) is 0.398. The molecule has 0 aliphatic heterocycles. The number of aryl methyl sites for hydroxylation is 1. The molecule has 3 heterocycles. The number of carbonyl (C=O) groups is 1. The molecule has 0 bridgehead atoms. The summed E-state index contributed by atoms with van der Waals surface area (Å²) < 4.78 is 6.03. The molecular formula is C25H18N4O2. The minimum absolute atomic E-state index is 0.173.